The lowest BCUT2D eigenvalue weighted by atomic mass is 10.1. The number of aliphatic imine (C=N–C) groups is 1. The summed E-state index contributed by atoms with van der Waals surface area (Å²) in [6, 6.07) is 8.38. The van der Waals surface area contributed by atoms with Crippen LogP contribution in [0.5, 0.6) is 17.2 Å². The smallest absolute Gasteiger partial charge is 0.191 e. The monoisotopic (exact) mass is 405 g/mol. The second-order valence-corrected chi connectivity index (χ2v) is 7.89. The van der Waals surface area contributed by atoms with Crippen LogP contribution in [-0.4, -0.2) is 46.9 Å². The average Bonchev–Trinajstić information content (AvgIpc) is 3.11. The Balaban J connectivity index is 1.93. The number of rotatable bonds is 9. The lowest BCUT2D eigenvalue weighted by Crippen LogP contribution is -2.43. The van der Waals surface area contributed by atoms with Crippen molar-refractivity contribution in [3.63, 3.8) is 0 Å². The molecule has 1 atom stereocenters. The van der Waals surface area contributed by atoms with E-state index in [1.165, 1.54) is 9.75 Å². The van der Waals surface area contributed by atoms with E-state index < -0.39 is 0 Å². The Bertz CT molecular complexity index is 764. The maximum Gasteiger partial charge on any atom is 0.191 e. The van der Waals surface area contributed by atoms with Crippen molar-refractivity contribution in [2.24, 2.45) is 4.99 Å². The van der Waals surface area contributed by atoms with Gasteiger partial charge >= 0.3 is 0 Å². The van der Waals surface area contributed by atoms with Gasteiger partial charge in [-0.1, -0.05) is 0 Å². The summed E-state index contributed by atoms with van der Waals surface area (Å²) in [6.45, 7) is 5.00. The summed E-state index contributed by atoms with van der Waals surface area (Å²) in [4.78, 5) is 7.05. The number of nitrogens with one attached hydrogen (secondary N) is 2. The Hall–Kier alpha value is -2.41. The van der Waals surface area contributed by atoms with Gasteiger partial charge in [0.15, 0.2) is 5.96 Å². The second-order valence-electron chi connectivity index (χ2n) is 6.52. The van der Waals surface area contributed by atoms with Crippen LogP contribution in [0.1, 0.15) is 22.2 Å². The fourth-order valence-electron chi connectivity index (χ4n) is 3.01. The zero-order chi connectivity index (χ0) is 20.5. The van der Waals surface area contributed by atoms with Crippen molar-refractivity contribution in [1.82, 2.24) is 10.6 Å². The highest BCUT2D eigenvalue weighted by molar-refractivity contribution is 7.11. The highest BCUT2D eigenvalue weighted by Crippen LogP contribution is 2.34. The third-order valence-electron chi connectivity index (χ3n) is 4.39. The minimum atomic E-state index is 0.286. The van der Waals surface area contributed by atoms with Crippen molar-refractivity contribution in [2.45, 2.75) is 32.7 Å². The van der Waals surface area contributed by atoms with Crippen molar-refractivity contribution < 1.29 is 14.2 Å². The van der Waals surface area contributed by atoms with Crippen LogP contribution >= 0.6 is 11.3 Å². The summed E-state index contributed by atoms with van der Waals surface area (Å²) in [6.07, 6.45) is 1.70. The van der Waals surface area contributed by atoms with Gasteiger partial charge in [0.05, 0.1) is 21.3 Å². The van der Waals surface area contributed by atoms with E-state index in [4.69, 9.17) is 14.2 Å². The van der Waals surface area contributed by atoms with E-state index in [0.717, 1.165) is 35.9 Å². The van der Waals surface area contributed by atoms with E-state index in [2.05, 4.69) is 41.6 Å². The summed E-state index contributed by atoms with van der Waals surface area (Å²) in [5.74, 6) is 3.00. The van der Waals surface area contributed by atoms with Crippen LogP contribution in [0.25, 0.3) is 0 Å². The van der Waals surface area contributed by atoms with Gasteiger partial charge in [0.2, 0.25) is 0 Å². The van der Waals surface area contributed by atoms with E-state index in [0.29, 0.717) is 12.3 Å². The molecule has 0 aliphatic rings. The topological polar surface area (TPSA) is 64.1 Å². The molecule has 0 radical (unpaired) electrons. The molecule has 1 heterocycles. The van der Waals surface area contributed by atoms with Crippen molar-refractivity contribution >= 4 is 17.3 Å². The molecule has 0 aliphatic heterocycles. The van der Waals surface area contributed by atoms with Crippen LogP contribution in [0, 0.1) is 6.92 Å². The van der Waals surface area contributed by atoms with E-state index in [1.807, 2.05) is 23.5 Å². The number of aryl methyl sites for hydroxylation is 1. The SMILES string of the molecule is CN=C(NCCc1c(OC)cc(OC)cc1OC)NC(C)Cc1ccc(C)s1. The Morgan fingerprint density at radius 1 is 1.11 bits per heavy atom. The number of hydrogen-bond donors (Lipinski definition) is 2. The number of nitrogens with zero attached hydrogens (tertiary/aromatic N) is 1. The number of methoxy groups -OCH3 is 3. The van der Waals surface area contributed by atoms with Crippen molar-refractivity contribution in [3.05, 3.63) is 39.6 Å². The number of ether oxygens (including phenoxy) is 3. The average molecular weight is 406 g/mol. The van der Waals surface area contributed by atoms with Crippen LogP contribution in [0.4, 0.5) is 0 Å². The number of guanidine groups is 1. The van der Waals surface area contributed by atoms with Crippen LogP contribution < -0.4 is 24.8 Å². The molecule has 2 rings (SSSR count). The lowest BCUT2D eigenvalue weighted by Gasteiger charge is -2.19. The fourth-order valence-corrected chi connectivity index (χ4v) is 4.02. The molecule has 6 nitrogen and oxygen atoms in total. The zero-order valence-corrected chi connectivity index (χ0v) is 18.4. The van der Waals surface area contributed by atoms with Crippen LogP contribution in [-0.2, 0) is 12.8 Å². The van der Waals surface area contributed by atoms with Crippen molar-refractivity contribution in [3.8, 4) is 17.2 Å². The first-order valence-corrected chi connectivity index (χ1v) is 10.1. The van der Waals surface area contributed by atoms with Gasteiger partial charge < -0.3 is 24.8 Å². The van der Waals surface area contributed by atoms with Gasteiger partial charge in [-0.05, 0) is 32.4 Å². The number of benzene rings is 1. The van der Waals surface area contributed by atoms with E-state index in [1.54, 1.807) is 28.4 Å². The van der Waals surface area contributed by atoms with Gasteiger partial charge in [-0.2, -0.15) is 0 Å². The van der Waals surface area contributed by atoms with Gasteiger partial charge in [-0.15, -0.1) is 11.3 Å². The molecule has 0 amide bonds. The molecular formula is C21H31N3O3S. The molecule has 1 aromatic carbocycles. The Morgan fingerprint density at radius 3 is 2.29 bits per heavy atom. The van der Waals surface area contributed by atoms with E-state index in [-0.39, 0.29) is 6.04 Å². The van der Waals surface area contributed by atoms with E-state index in [9.17, 15) is 0 Å². The minimum absolute atomic E-state index is 0.286. The molecule has 2 N–H and O–H groups in total. The normalized spacial score (nSPS) is 12.4. The van der Waals surface area contributed by atoms with Gasteiger partial charge in [-0.3, -0.25) is 4.99 Å². The van der Waals surface area contributed by atoms with Crippen molar-refractivity contribution in [1.29, 1.82) is 0 Å². The largest absolute Gasteiger partial charge is 0.496 e. The number of hydrogen-bond acceptors (Lipinski definition) is 5. The van der Waals surface area contributed by atoms with Crippen LogP contribution in [0.15, 0.2) is 29.3 Å². The zero-order valence-electron chi connectivity index (χ0n) is 17.6. The molecule has 1 unspecified atom stereocenters. The fraction of sp³-hybridized carbons (Fsp3) is 0.476. The summed E-state index contributed by atoms with van der Waals surface area (Å²) in [5.41, 5.74) is 0.996. The predicted molar refractivity (Wildman–Crippen MR) is 117 cm³/mol. The van der Waals surface area contributed by atoms with Crippen LogP contribution in [0.3, 0.4) is 0 Å². The van der Waals surface area contributed by atoms with Gasteiger partial charge in [0.1, 0.15) is 17.2 Å². The third kappa shape index (κ3) is 6.05. The Morgan fingerprint density at radius 2 is 1.79 bits per heavy atom. The quantitative estimate of drug-likeness (QED) is 0.494. The molecule has 0 saturated heterocycles. The standard InChI is InChI=1S/C21H31N3O3S/c1-14(11-17-8-7-15(2)28-17)24-21(22-3)23-10-9-18-19(26-5)12-16(25-4)13-20(18)27-6/h7-8,12-14H,9-11H2,1-6H3,(H2,22,23,24). The highest BCUT2D eigenvalue weighted by Gasteiger charge is 2.14. The summed E-state index contributed by atoms with van der Waals surface area (Å²) in [7, 11) is 6.72. The molecule has 7 heteroatoms. The summed E-state index contributed by atoms with van der Waals surface area (Å²) >= 11 is 1.84. The Kier molecular flexibility index (Phi) is 8.44. The minimum Gasteiger partial charge on any atom is -0.496 e. The second kappa shape index (κ2) is 10.8. The number of thiophene rings is 1. The maximum atomic E-state index is 5.51. The summed E-state index contributed by atoms with van der Waals surface area (Å²) in [5, 5.41) is 6.82. The lowest BCUT2D eigenvalue weighted by molar-refractivity contribution is 0.368. The first-order valence-electron chi connectivity index (χ1n) is 9.32. The van der Waals surface area contributed by atoms with Gasteiger partial charge in [-0.25, -0.2) is 0 Å². The summed E-state index contributed by atoms with van der Waals surface area (Å²) < 4.78 is 16.3. The van der Waals surface area contributed by atoms with Crippen LogP contribution in [0.2, 0.25) is 0 Å². The Labute approximate surface area is 171 Å². The first-order chi connectivity index (χ1) is 13.5. The molecule has 154 valence electrons. The van der Waals surface area contributed by atoms with E-state index >= 15 is 0 Å². The molecule has 28 heavy (non-hydrogen) atoms. The molecule has 0 fully saturated rings. The van der Waals surface area contributed by atoms with Gasteiger partial charge in [0.25, 0.3) is 0 Å². The highest BCUT2D eigenvalue weighted by atomic mass is 32.1. The molecule has 0 spiro atoms. The third-order valence-corrected chi connectivity index (χ3v) is 5.42. The molecule has 0 aliphatic carbocycles. The molecule has 1 aromatic heterocycles. The molecule has 0 saturated carbocycles. The molecular weight excluding hydrogens is 374 g/mol. The van der Waals surface area contributed by atoms with Gasteiger partial charge in [0, 0.05) is 53.5 Å². The predicted octanol–water partition coefficient (Wildman–Crippen LogP) is 3.42. The van der Waals surface area contributed by atoms with Crippen molar-refractivity contribution in [2.75, 3.05) is 34.9 Å². The molecule has 0 bridgehead atoms. The molecule has 2 aromatic rings. The maximum absolute atomic E-state index is 5.51. The first kappa shape index (κ1) is 21.9.